The smallest absolute Gasteiger partial charge is 0.344 e. The molecule has 1 N–H and O–H groups in total. The highest BCUT2D eigenvalue weighted by Gasteiger charge is 2.50. The van der Waals surface area contributed by atoms with Gasteiger partial charge in [-0.25, -0.2) is 4.79 Å². The molecule has 6 atom stereocenters. The van der Waals surface area contributed by atoms with Crippen molar-refractivity contribution < 1.29 is 24.1 Å². The summed E-state index contributed by atoms with van der Waals surface area (Å²) in [5, 5.41) is 9.63. The highest BCUT2D eigenvalue weighted by molar-refractivity contribution is 5.72. The molecule has 0 spiro atoms. The fourth-order valence-electron chi connectivity index (χ4n) is 5.62. The van der Waals surface area contributed by atoms with Crippen LogP contribution in [0.25, 0.3) is 0 Å². The molecule has 3 rings (SSSR count). The highest BCUT2D eigenvalue weighted by atomic mass is 16.5. The molecule has 184 valence electrons. The first-order valence-electron chi connectivity index (χ1n) is 12.9. The van der Waals surface area contributed by atoms with Gasteiger partial charge in [0.1, 0.15) is 5.75 Å². The second kappa shape index (κ2) is 13.1. The van der Waals surface area contributed by atoms with Crippen molar-refractivity contribution in [2.45, 2.75) is 95.9 Å². The Morgan fingerprint density at radius 3 is 2.82 bits per heavy atom. The fraction of sp³-hybridized carbons (Fsp3) is 0.679. The van der Waals surface area contributed by atoms with E-state index in [-0.39, 0.29) is 0 Å². The Morgan fingerprint density at radius 2 is 2.06 bits per heavy atom. The summed E-state index contributed by atoms with van der Waals surface area (Å²) in [5.74, 6) is 1.03. The number of aliphatic carboxylic acids is 1. The van der Waals surface area contributed by atoms with E-state index in [1.165, 1.54) is 5.56 Å². The average Bonchev–Trinajstić information content (AvgIpc) is 3.42. The average molecular weight is 459 g/mol. The lowest BCUT2D eigenvalue weighted by Crippen LogP contribution is -2.32. The number of benzene rings is 1. The van der Waals surface area contributed by atoms with Crippen LogP contribution in [0, 0.1) is 11.8 Å². The maximum absolute atomic E-state index is 11.7. The first-order valence-corrected chi connectivity index (χ1v) is 12.9. The van der Waals surface area contributed by atoms with Gasteiger partial charge in [-0.15, -0.1) is 6.58 Å². The van der Waals surface area contributed by atoms with E-state index in [1.807, 2.05) is 24.3 Å². The summed E-state index contributed by atoms with van der Waals surface area (Å²) < 4.78 is 18.1. The van der Waals surface area contributed by atoms with Crippen LogP contribution >= 0.6 is 0 Å². The Labute approximate surface area is 199 Å². The molecule has 2 fully saturated rings. The monoisotopic (exact) mass is 458 g/mol. The normalized spacial score (nSPS) is 25.6. The maximum Gasteiger partial charge on any atom is 0.344 e. The number of ether oxygens (including phenoxy) is 3. The number of hydrogen-bond acceptors (Lipinski definition) is 4. The van der Waals surface area contributed by atoms with Gasteiger partial charge < -0.3 is 19.3 Å². The van der Waals surface area contributed by atoms with Gasteiger partial charge in [-0.2, -0.15) is 0 Å². The van der Waals surface area contributed by atoms with E-state index in [0.717, 1.165) is 64.6 Å². The van der Waals surface area contributed by atoms with Crippen LogP contribution in [0.4, 0.5) is 0 Å². The second-order valence-corrected chi connectivity index (χ2v) is 9.67. The van der Waals surface area contributed by atoms with E-state index in [9.17, 15) is 9.90 Å². The standard InChI is InChI=1S/C28H42O5/c1-4-6-8-9-13-26(28(29)30)32-22-12-10-11-21(19-22)20(3)27-23(16-18-31-17-7-5-2)24-14-15-25(27)33-24/h5,10-12,19-20,23-27H,2,4,6-9,13-18H2,1,3H3,(H,29,30). The summed E-state index contributed by atoms with van der Waals surface area (Å²) >= 11 is 0. The van der Waals surface area contributed by atoms with Crippen LogP contribution < -0.4 is 4.74 Å². The quantitative estimate of drug-likeness (QED) is 0.230. The molecule has 2 aliphatic rings. The molecule has 1 aromatic carbocycles. The molecule has 0 radical (unpaired) electrons. The summed E-state index contributed by atoms with van der Waals surface area (Å²) in [5.41, 5.74) is 1.20. The molecule has 5 nitrogen and oxygen atoms in total. The molecule has 0 aromatic heterocycles. The summed E-state index contributed by atoms with van der Waals surface area (Å²) in [7, 11) is 0. The largest absolute Gasteiger partial charge is 0.479 e. The van der Waals surface area contributed by atoms with Crippen molar-refractivity contribution >= 4 is 5.97 Å². The molecule has 33 heavy (non-hydrogen) atoms. The zero-order valence-electron chi connectivity index (χ0n) is 20.4. The molecule has 5 heteroatoms. The minimum atomic E-state index is -0.886. The van der Waals surface area contributed by atoms with Gasteiger partial charge in [-0.3, -0.25) is 0 Å². The van der Waals surface area contributed by atoms with E-state index in [4.69, 9.17) is 14.2 Å². The van der Waals surface area contributed by atoms with Crippen LogP contribution in [-0.4, -0.2) is 42.6 Å². The molecule has 2 saturated heterocycles. The van der Waals surface area contributed by atoms with Crippen molar-refractivity contribution in [2.24, 2.45) is 11.8 Å². The van der Waals surface area contributed by atoms with Crippen molar-refractivity contribution in [1.82, 2.24) is 0 Å². The maximum atomic E-state index is 11.7. The Hall–Kier alpha value is -1.85. The van der Waals surface area contributed by atoms with Crippen LogP contribution in [-0.2, 0) is 14.3 Å². The van der Waals surface area contributed by atoms with E-state index in [0.29, 0.717) is 42.1 Å². The van der Waals surface area contributed by atoms with Gasteiger partial charge in [-0.05, 0) is 74.0 Å². The molecule has 0 saturated carbocycles. The Bertz CT molecular complexity index is 748. The lowest BCUT2D eigenvalue weighted by Gasteiger charge is -2.33. The first-order chi connectivity index (χ1) is 16.0. The number of rotatable bonds is 16. The van der Waals surface area contributed by atoms with E-state index < -0.39 is 12.1 Å². The minimum absolute atomic E-state index is 0.304. The number of carbonyl (C=O) groups is 1. The Morgan fingerprint density at radius 1 is 1.24 bits per heavy atom. The lowest BCUT2D eigenvalue weighted by atomic mass is 9.70. The van der Waals surface area contributed by atoms with Crippen molar-refractivity contribution in [3.8, 4) is 5.75 Å². The van der Waals surface area contributed by atoms with E-state index >= 15 is 0 Å². The Balaban J connectivity index is 1.62. The summed E-state index contributed by atoms with van der Waals surface area (Å²) in [6.07, 6.45) is 10.6. The van der Waals surface area contributed by atoms with Gasteiger partial charge in [0, 0.05) is 13.2 Å². The molecule has 2 aliphatic heterocycles. The zero-order chi connectivity index (χ0) is 23.6. The van der Waals surface area contributed by atoms with Crippen molar-refractivity contribution in [2.75, 3.05) is 13.2 Å². The minimum Gasteiger partial charge on any atom is -0.479 e. The van der Waals surface area contributed by atoms with E-state index in [2.05, 4.69) is 26.5 Å². The van der Waals surface area contributed by atoms with Crippen LogP contribution in [0.15, 0.2) is 36.9 Å². The van der Waals surface area contributed by atoms with Crippen LogP contribution in [0.5, 0.6) is 5.75 Å². The molecule has 0 aliphatic carbocycles. The second-order valence-electron chi connectivity index (χ2n) is 9.67. The van der Waals surface area contributed by atoms with Gasteiger partial charge in [-0.1, -0.05) is 51.3 Å². The molecule has 2 bridgehead atoms. The molecular formula is C28H42O5. The third-order valence-corrected chi connectivity index (χ3v) is 7.38. The van der Waals surface area contributed by atoms with Gasteiger partial charge in [0.05, 0.1) is 12.2 Å². The van der Waals surface area contributed by atoms with Crippen LogP contribution in [0.2, 0.25) is 0 Å². The van der Waals surface area contributed by atoms with Crippen molar-refractivity contribution in [1.29, 1.82) is 0 Å². The van der Waals surface area contributed by atoms with Gasteiger partial charge >= 0.3 is 5.97 Å². The SMILES string of the molecule is C=CCCOCCC1C2CCC(O2)C1C(C)c1cccc(OC(CCCCCC)C(=O)O)c1. The molecule has 1 aromatic rings. The number of carboxylic acids is 1. The molecule has 2 heterocycles. The number of fused-ring (bicyclic) bond motifs is 2. The van der Waals surface area contributed by atoms with E-state index in [1.54, 1.807) is 0 Å². The molecule has 6 unspecified atom stereocenters. The first kappa shape index (κ1) is 25.8. The van der Waals surface area contributed by atoms with Gasteiger partial charge in [0.2, 0.25) is 0 Å². The van der Waals surface area contributed by atoms with Crippen molar-refractivity contribution in [3.63, 3.8) is 0 Å². The van der Waals surface area contributed by atoms with Crippen molar-refractivity contribution in [3.05, 3.63) is 42.5 Å². The predicted molar refractivity (Wildman–Crippen MR) is 131 cm³/mol. The summed E-state index contributed by atoms with van der Waals surface area (Å²) in [6, 6.07) is 8.04. The van der Waals surface area contributed by atoms with Crippen LogP contribution in [0.3, 0.4) is 0 Å². The topological polar surface area (TPSA) is 65.0 Å². The summed E-state index contributed by atoms with van der Waals surface area (Å²) in [4.78, 5) is 11.7. The predicted octanol–water partition coefficient (Wildman–Crippen LogP) is 6.37. The van der Waals surface area contributed by atoms with Gasteiger partial charge in [0.25, 0.3) is 0 Å². The zero-order valence-corrected chi connectivity index (χ0v) is 20.4. The highest BCUT2D eigenvalue weighted by Crippen LogP contribution is 2.50. The lowest BCUT2D eigenvalue weighted by molar-refractivity contribution is -0.145. The fourth-order valence-corrected chi connectivity index (χ4v) is 5.62. The third-order valence-electron chi connectivity index (χ3n) is 7.38. The number of unbranched alkanes of at least 4 members (excludes halogenated alkanes) is 3. The van der Waals surface area contributed by atoms with Gasteiger partial charge in [0.15, 0.2) is 6.10 Å². The molecule has 0 amide bonds. The third kappa shape index (κ3) is 7.07. The Kier molecular flexibility index (Phi) is 10.3. The number of carboxylic acid groups (broad SMARTS) is 1. The van der Waals surface area contributed by atoms with Crippen LogP contribution in [0.1, 0.15) is 83.1 Å². The molecular weight excluding hydrogens is 416 g/mol. The number of hydrogen-bond donors (Lipinski definition) is 1. The summed E-state index contributed by atoms with van der Waals surface area (Å²) in [6.45, 7) is 9.67.